The van der Waals surface area contributed by atoms with Gasteiger partial charge in [-0.1, -0.05) is 13.8 Å². The first-order valence-electron chi connectivity index (χ1n) is 13.2. The standard InChI is InChI=1S/C25H34N4O3S2.C2HF3O2/c1-4-34(31,32)29-9-7-17(8-10-29)22-15-28-24-20(22)11-18(12-21(24)25(26)30)23-6-5-19(33-23)14-27-13-16(2)3;3-2(4,5)1(6)7/h5-6,11-12,15-17,27-28H,4,7-10,13-14H2,1-3H3,(H2,26,30);(H,6,7). The Kier molecular flexibility index (Phi) is 10.6. The summed E-state index contributed by atoms with van der Waals surface area (Å²) in [5.74, 6) is -2.26. The maximum absolute atomic E-state index is 12.3. The number of H-pyrrole nitrogens is 1. The van der Waals surface area contributed by atoms with Crippen molar-refractivity contribution < 1.29 is 36.3 Å². The molecule has 14 heteroatoms. The molecular weight excluding hydrogens is 581 g/mol. The van der Waals surface area contributed by atoms with E-state index < -0.39 is 28.1 Å². The number of thiophene rings is 1. The third-order valence-electron chi connectivity index (χ3n) is 6.78. The van der Waals surface area contributed by atoms with E-state index in [1.54, 1.807) is 22.6 Å². The van der Waals surface area contributed by atoms with Crippen LogP contribution in [-0.4, -0.2) is 66.3 Å². The van der Waals surface area contributed by atoms with Gasteiger partial charge in [0.05, 0.1) is 16.8 Å². The Hall–Kier alpha value is -2.94. The van der Waals surface area contributed by atoms with Gasteiger partial charge in [0.25, 0.3) is 5.91 Å². The number of rotatable bonds is 9. The molecule has 0 radical (unpaired) electrons. The lowest BCUT2D eigenvalue weighted by molar-refractivity contribution is -0.192. The summed E-state index contributed by atoms with van der Waals surface area (Å²) in [6, 6.07) is 8.24. The number of benzene rings is 1. The van der Waals surface area contributed by atoms with Gasteiger partial charge in [-0.3, -0.25) is 4.79 Å². The number of primary amides is 1. The van der Waals surface area contributed by atoms with Crippen LogP contribution < -0.4 is 11.1 Å². The van der Waals surface area contributed by atoms with Crippen molar-refractivity contribution in [2.24, 2.45) is 11.7 Å². The highest BCUT2D eigenvalue weighted by atomic mass is 32.2. The maximum Gasteiger partial charge on any atom is 0.490 e. The molecule has 226 valence electrons. The summed E-state index contributed by atoms with van der Waals surface area (Å²) in [7, 11) is -3.17. The summed E-state index contributed by atoms with van der Waals surface area (Å²) in [6.45, 7) is 8.90. The van der Waals surface area contributed by atoms with Gasteiger partial charge in [0.1, 0.15) is 0 Å². The number of aliphatic carboxylic acids is 1. The second-order valence-corrected chi connectivity index (χ2v) is 13.6. The number of amides is 1. The maximum atomic E-state index is 12.3. The summed E-state index contributed by atoms with van der Waals surface area (Å²) in [5, 5.41) is 11.6. The van der Waals surface area contributed by atoms with Gasteiger partial charge in [0.15, 0.2) is 0 Å². The Bertz CT molecular complexity index is 1470. The largest absolute Gasteiger partial charge is 0.490 e. The summed E-state index contributed by atoms with van der Waals surface area (Å²) >= 11 is 1.72. The number of aromatic nitrogens is 1. The molecule has 1 saturated heterocycles. The number of sulfonamides is 1. The van der Waals surface area contributed by atoms with Crippen molar-refractivity contribution in [3.8, 4) is 10.4 Å². The number of carboxylic acid groups (broad SMARTS) is 1. The lowest BCUT2D eigenvalue weighted by Crippen LogP contribution is -2.38. The number of carboxylic acids is 1. The highest BCUT2D eigenvalue weighted by molar-refractivity contribution is 7.89. The zero-order valence-corrected chi connectivity index (χ0v) is 24.7. The normalized spacial score (nSPS) is 15.2. The molecule has 1 aliphatic heterocycles. The predicted octanol–water partition coefficient (Wildman–Crippen LogP) is 4.90. The molecule has 3 heterocycles. The van der Waals surface area contributed by atoms with Crippen LogP contribution in [0.3, 0.4) is 0 Å². The molecule has 0 spiro atoms. The summed E-state index contributed by atoms with van der Waals surface area (Å²) in [4.78, 5) is 26.8. The average molecular weight is 617 g/mol. The number of carbonyl (C=O) groups is 2. The molecule has 0 unspecified atom stereocenters. The molecule has 1 aliphatic rings. The zero-order valence-electron chi connectivity index (χ0n) is 23.0. The van der Waals surface area contributed by atoms with Gasteiger partial charge in [0, 0.05) is 41.0 Å². The predicted molar refractivity (Wildman–Crippen MR) is 153 cm³/mol. The number of nitrogens with zero attached hydrogens (tertiary/aromatic N) is 1. The van der Waals surface area contributed by atoms with E-state index in [0.29, 0.717) is 24.6 Å². The van der Waals surface area contributed by atoms with Gasteiger partial charge in [-0.2, -0.15) is 13.2 Å². The van der Waals surface area contributed by atoms with Crippen LogP contribution in [0.25, 0.3) is 21.3 Å². The van der Waals surface area contributed by atoms with E-state index in [9.17, 15) is 26.4 Å². The highest BCUT2D eigenvalue weighted by Crippen LogP contribution is 2.38. The van der Waals surface area contributed by atoms with Gasteiger partial charge < -0.3 is 21.1 Å². The molecule has 1 fully saturated rings. The third-order valence-corrected chi connectivity index (χ3v) is 9.80. The SMILES string of the molecule is CCS(=O)(=O)N1CCC(c2c[nH]c3c(C(N)=O)cc(-c4ccc(CNCC(C)C)s4)cc23)CC1.O=C(O)C(F)(F)F. The van der Waals surface area contributed by atoms with Crippen molar-refractivity contribution in [3.63, 3.8) is 0 Å². The molecule has 4 rings (SSSR count). The topological polar surface area (TPSA) is 146 Å². The molecule has 1 aromatic carbocycles. The molecule has 3 aromatic rings. The smallest absolute Gasteiger partial charge is 0.475 e. The lowest BCUT2D eigenvalue weighted by Gasteiger charge is -2.31. The molecule has 0 aliphatic carbocycles. The van der Waals surface area contributed by atoms with Crippen LogP contribution in [0.2, 0.25) is 0 Å². The first-order valence-corrected chi connectivity index (χ1v) is 15.6. The number of alkyl halides is 3. The van der Waals surface area contributed by atoms with Crippen LogP contribution in [0.5, 0.6) is 0 Å². The van der Waals surface area contributed by atoms with E-state index in [2.05, 4.69) is 42.3 Å². The number of fused-ring (bicyclic) bond motifs is 1. The average Bonchev–Trinajstić information content (AvgIpc) is 3.55. The number of nitrogens with one attached hydrogen (secondary N) is 2. The van der Waals surface area contributed by atoms with Crippen molar-refractivity contribution in [1.82, 2.24) is 14.6 Å². The molecule has 1 amide bonds. The molecule has 2 aromatic heterocycles. The number of hydrogen-bond donors (Lipinski definition) is 4. The second kappa shape index (κ2) is 13.4. The Morgan fingerprint density at radius 1 is 1.22 bits per heavy atom. The lowest BCUT2D eigenvalue weighted by atomic mass is 9.89. The fourth-order valence-electron chi connectivity index (χ4n) is 4.67. The van der Waals surface area contributed by atoms with Crippen molar-refractivity contribution in [2.45, 2.75) is 52.3 Å². The monoisotopic (exact) mass is 616 g/mol. The fourth-order valence-corrected chi connectivity index (χ4v) is 6.76. The van der Waals surface area contributed by atoms with E-state index >= 15 is 0 Å². The van der Waals surface area contributed by atoms with E-state index in [0.717, 1.165) is 52.8 Å². The van der Waals surface area contributed by atoms with Crippen molar-refractivity contribution >= 4 is 44.1 Å². The molecular formula is C27H35F3N4O5S2. The minimum Gasteiger partial charge on any atom is -0.475 e. The quantitative estimate of drug-likeness (QED) is 0.269. The Morgan fingerprint density at radius 2 is 1.85 bits per heavy atom. The van der Waals surface area contributed by atoms with Crippen LogP contribution in [0.1, 0.15) is 60.3 Å². The minimum atomic E-state index is -5.08. The molecule has 0 saturated carbocycles. The fraction of sp³-hybridized carbons (Fsp3) is 0.481. The number of nitrogens with two attached hydrogens (primary N) is 1. The Labute approximate surface area is 241 Å². The number of aromatic amines is 1. The molecule has 0 bridgehead atoms. The zero-order chi connectivity index (χ0) is 30.5. The van der Waals surface area contributed by atoms with E-state index in [4.69, 9.17) is 15.6 Å². The van der Waals surface area contributed by atoms with Crippen molar-refractivity contribution in [3.05, 3.63) is 46.5 Å². The summed E-state index contributed by atoms with van der Waals surface area (Å²) in [6.07, 6.45) is -1.61. The summed E-state index contributed by atoms with van der Waals surface area (Å²) < 4.78 is 57.8. The van der Waals surface area contributed by atoms with E-state index in [-0.39, 0.29) is 11.7 Å². The van der Waals surface area contributed by atoms with Gasteiger partial charge >= 0.3 is 12.1 Å². The molecule has 5 N–H and O–H groups in total. The van der Waals surface area contributed by atoms with E-state index in [1.807, 2.05) is 12.3 Å². The molecule has 41 heavy (non-hydrogen) atoms. The van der Waals surface area contributed by atoms with Crippen LogP contribution in [-0.2, 0) is 21.4 Å². The highest BCUT2D eigenvalue weighted by Gasteiger charge is 2.38. The van der Waals surface area contributed by atoms with Gasteiger partial charge in [-0.25, -0.2) is 17.5 Å². The summed E-state index contributed by atoms with van der Waals surface area (Å²) in [5.41, 5.74) is 9.10. The van der Waals surface area contributed by atoms with Crippen LogP contribution >= 0.6 is 11.3 Å². The molecule has 0 atom stereocenters. The van der Waals surface area contributed by atoms with Crippen LogP contribution in [0.15, 0.2) is 30.5 Å². The van der Waals surface area contributed by atoms with Gasteiger partial charge in [-0.15, -0.1) is 11.3 Å². The number of hydrogen-bond acceptors (Lipinski definition) is 6. The second-order valence-electron chi connectivity index (χ2n) is 10.2. The number of piperidine rings is 1. The van der Waals surface area contributed by atoms with Crippen molar-refractivity contribution in [1.29, 1.82) is 0 Å². The molecule has 9 nitrogen and oxygen atoms in total. The first-order chi connectivity index (χ1) is 19.1. The van der Waals surface area contributed by atoms with Crippen LogP contribution in [0, 0.1) is 5.92 Å². The first kappa shape index (κ1) is 32.6. The Balaban J connectivity index is 0.000000587. The van der Waals surface area contributed by atoms with Gasteiger partial charge in [-0.05, 0) is 73.5 Å². The van der Waals surface area contributed by atoms with Crippen molar-refractivity contribution in [2.75, 3.05) is 25.4 Å². The Morgan fingerprint density at radius 3 is 2.39 bits per heavy atom. The van der Waals surface area contributed by atoms with Gasteiger partial charge in [0.2, 0.25) is 10.0 Å². The van der Waals surface area contributed by atoms with E-state index in [1.165, 1.54) is 4.88 Å². The number of carbonyl (C=O) groups excluding carboxylic acids is 1. The minimum absolute atomic E-state index is 0.131. The van der Waals surface area contributed by atoms with Crippen LogP contribution in [0.4, 0.5) is 13.2 Å². The third kappa shape index (κ3) is 8.31. The number of halogens is 3.